The summed E-state index contributed by atoms with van der Waals surface area (Å²) >= 11 is 0. The molecule has 166 valence electrons. The predicted octanol–water partition coefficient (Wildman–Crippen LogP) is 4.94. The molecule has 1 atom stereocenters. The van der Waals surface area contributed by atoms with Crippen molar-refractivity contribution < 1.29 is 22.7 Å². The number of piperidine rings is 1. The van der Waals surface area contributed by atoms with Crippen LogP contribution in [0.25, 0.3) is 0 Å². The zero-order chi connectivity index (χ0) is 20.5. The van der Waals surface area contributed by atoms with Crippen LogP contribution in [-0.4, -0.2) is 34.9 Å². The van der Waals surface area contributed by atoms with Gasteiger partial charge in [-0.15, -0.1) is 24.8 Å². The van der Waals surface area contributed by atoms with E-state index in [9.17, 15) is 18.0 Å². The number of hydrogen-bond donors (Lipinski definition) is 1. The monoisotopic (exact) mass is 465 g/mol. The third-order valence-electron chi connectivity index (χ3n) is 4.99. The van der Waals surface area contributed by atoms with Crippen molar-refractivity contribution >= 4 is 30.7 Å². The van der Waals surface area contributed by atoms with Crippen molar-refractivity contribution in [3.8, 4) is 11.6 Å². The first-order valence-corrected chi connectivity index (χ1v) is 8.92. The Labute approximate surface area is 185 Å². The number of pyridine rings is 1. The van der Waals surface area contributed by atoms with Gasteiger partial charge in [0.2, 0.25) is 5.88 Å². The zero-order valence-electron chi connectivity index (χ0n) is 16.5. The first-order valence-electron chi connectivity index (χ1n) is 8.92. The minimum Gasteiger partial charge on any atom is -0.439 e. The Hall–Kier alpha value is -2.03. The van der Waals surface area contributed by atoms with E-state index in [1.165, 1.54) is 0 Å². The maximum absolute atomic E-state index is 12.7. The Morgan fingerprint density at radius 2 is 1.80 bits per heavy atom. The van der Waals surface area contributed by atoms with Crippen LogP contribution in [0, 0.1) is 5.41 Å². The normalized spacial score (nSPS) is 18.1. The van der Waals surface area contributed by atoms with E-state index in [1.54, 1.807) is 29.2 Å². The molecule has 1 fully saturated rings. The fourth-order valence-electron chi connectivity index (χ4n) is 3.12. The Morgan fingerprint density at radius 1 is 1.17 bits per heavy atom. The lowest BCUT2D eigenvalue weighted by molar-refractivity contribution is -0.137. The number of nitrogens with zero attached hydrogens (tertiary/aromatic N) is 2. The van der Waals surface area contributed by atoms with Crippen LogP contribution in [0.15, 0.2) is 42.6 Å². The van der Waals surface area contributed by atoms with E-state index in [2.05, 4.69) is 4.98 Å². The summed E-state index contributed by atoms with van der Waals surface area (Å²) < 4.78 is 43.2. The molecule has 3 rings (SSSR count). The Morgan fingerprint density at radius 3 is 2.30 bits per heavy atom. The predicted molar refractivity (Wildman–Crippen MR) is 113 cm³/mol. The Bertz CT molecular complexity index is 844. The third kappa shape index (κ3) is 6.00. The van der Waals surface area contributed by atoms with Gasteiger partial charge in [0, 0.05) is 37.0 Å². The second-order valence-corrected chi connectivity index (χ2v) is 7.62. The molecule has 0 saturated carbocycles. The van der Waals surface area contributed by atoms with E-state index in [0.717, 1.165) is 24.8 Å². The second-order valence-electron chi connectivity index (χ2n) is 7.62. The highest BCUT2D eigenvalue weighted by molar-refractivity contribution is 5.94. The van der Waals surface area contributed by atoms with E-state index in [4.69, 9.17) is 10.5 Å². The highest BCUT2D eigenvalue weighted by Gasteiger charge is 2.35. The zero-order valence-corrected chi connectivity index (χ0v) is 18.1. The number of likely N-dealkylation sites (tertiary alicyclic amines) is 1. The summed E-state index contributed by atoms with van der Waals surface area (Å²) in [7, 11) is 0. The van der Waals surface area contributed by atoms with Crippen molar-refractivity contribution in [2.45, 2.75) is 32.5 Å². The Kier molecular flexibility index (Phi) is 8.54. The first kappa shape index (κ1) is 26.0. The lowest BCUT2D eigenvalue weighted by Gasteiger charge is -2.42. The molecule has 1 aliphatic heterocycles. The average Bonchev–Trinajstić information content (AvgIpc) is 2.64. The van der Waals surface area contributed by atoms with Crippen LogP contribution in [0.5, 0.6) is 11.6 Å². The quantitative estimate of drug-likeness (QED) is 0.696. The van der Waals surface area contributed by atoms with Gasteiger partial charge < -0.3 is 15.4 Å². The van der Waals surface area contributed by atoms with Crippen LogP contribution >= 0.6 is 24.8 Å². The number of halogens is 5. The summed E-state index contributed by atoms with van der Waals surface area (Å²) in [6, 6.07) is 8.56. The van der Waals surface area contributed by atoms with E-state index in [-0.39, 0.29) is 48.1 Å². The molecule has 1 aromatic carbocycles. The topological polar surface area (TPSA) is 68.5 Å². The fraction of sp³-hybridized carbons (Fsp3) is 0.400. The van der Waals surface area contributed by atoms with Gasteiger partial charge in [-0.25, -0.2) is 4.98 Å². The van der Waals surface area contributed by atoms with Crippen molar-refractivity contribution in [1.29, 1.82) is 0 Å². The van der Waals surface area contributed by atoms with Crippen molar-refractivity contribution in [3.63, 3.8) is 0 Å². The van der Waals surface area contributed by atoms with Crippen LogP contribution in [0.3, 0.4) is 0 Å². The van der Waals surface area contributed by atoms with Crippen LogP contribution in [0.1, 0.15) is 36.2 Å². The summed E-state index contributed by atoms with van der Waals surface area (Å²) in [5.41, 5.74) is 5.64. The number of benzene rings is 1. The molecule has 0 radical (unpaired) electrons. The summed E-state index contributed by atoms with van der Waals surface area (Å²) in [6.45, 7) is 5.29. The molecule has 2 aromatic rings. The number of carbonyl (C=O) groups excluding carboxylic acids is 1. The number of amides is 1. The van der Waals surface area contributed by atoms with Gasteiger partial charge in [-0.2, -0.15) is 13.2 Å². The second kappa shape index (κ2) is 9.85. The van der Waals surface area contributed by atoms with Gasteiger partial charge in [0.15, 0.2) is 0 Å². The molecule has 2 N–H and O–H groups in total. The molecule has 0 spiro atoms. The van der Waals surface area contributed by atoms with Gasteiger partial charge >= 0.3 is 6.18 Å². The van der Waals surface area contributed by atoms with Gasteiger partial charge in [-0.3, -0.25) is 4.79 Å². The van der Waals surface area contributed by atoms with Crippen molar-refractivity contribution in [2.24, 2.45) is 11.1 Å². The molecule has 30 heavy (non-hydrogen) atoms. The SMILES string of the molecule is CC1(C)CN(C(=O)c2ccc(Oc3ccc(C(F)(F)F)cn3)cc2)CCC1N.Cl.Cl. The van der Waals surface area contributed by atoms with E-state index in [0.29, 0.717) is 24.4 Å². The maximum atomic E-state index is 12.7. The van der Waals surface area contributed by atoms with E-state index in [1.807, 2.05) is 13.8 Å². The molecule has 1 saturated heterocycles. The highest BCUT2D eigenvalue weighted by Crippen LogP contribution is 2.31. The number of carbonyl (C=O) groups is 1. The maximum Gasteiger partial charge on any atom is 0.417 e. The standard InChI is InChI=1S/C20H22F3N3O2.2ClH/c1-19(2)12-26(10-9-16(19)24)18(27)13-3-6-15(7-4-13)28-17-8-5-14(11-25-17)20(21,22)23;;/h3-8,11,16H,9-10,12,24H2,1-2H3;2*1H. The molecule has 0 bridgehead atoms. The molecule has 1 aliphatic rings. The number of alkyl halides is 3. The van der Waals surface area contributed by atoms with Crippen molar-refractivity contribution in [2.75, 3.05) is 13.1 Å². The van der Waals surface area contributed by atoms with Crippen LogP contribution in [0.4, 0.5) is 13.2 Å². The molecule has 2 heterocycles. The number of nitrogens with two attached hydrogens (primary N) is 1. The molecule has 5 nitrogen and oxygen atoms in total. The number of rotatable bonds is 3. The molecular formula is C20H24Cl2F3N3O2. The number of hydrogen-bond acceptors (Lipinski definition) is 4. The minimum atomic E-state index is -4.44. The summed E-state index contributed by atoms with van der Waals surface area (Å²) in [6.07, 6.45) is -2.98. The third-order valence-corrected chi connectivity index (χ3v) is 4.99. The number of ether oxygens (including phenoxy) is 1. The molecule has 1 unspecified atom stereocenters. The molecule has 10 heteroatoms. The first-order chi connectivity index (χ1) is 13.1. The highest BCUT2D eigenvalue weighted by atomic mass is 35.5. The Balaban J connectivity index is 0.00000225. The molecule has 1 aromatic heterocycles. The van der Waals surface area contributed by atoms with Crippen LogP contribution < -0.4 is 10.5 Å². The summed E-state index contributed by atoms with van der Waals surface area (Å²) in [5.74, 6) is 0.336. The molecule has 0 aliphatic carbocycles. The average molecular weight is 466 g/mol. The van der Waals surface area contributed by atoms with Crippen molar-refractivity contribution in [3.05, 3.63) is 53.7 Å². The lowest BCUT2D eigenvalue weighted by Crippen LogP contribution is -2.53. The number of aromatic nitrogens is 1. The molecular weight excluding hydrogens is 442 g/mol. The minimum absolute atomic E-state index is 0. The van der Waals surface area contributed by atoms with Crippen molar-refractivity contribution in [1.82, 2.24) is 9.88 Å². The van der Waals surface area contributed by atoms with E-state index >= 15 is 0 Å². The van der Waals surface area contributed by atoms with Gasteiger partial charge in [0.05, 0.1) is 5.56 Å². The van der Waals surface area contributed by atoms with Gasteiger partial charge in [0.1, 0.15) is 5.75 Å². The lowest BCUT2D eigenvalue weighted by atomic mass is 9.79. The van der Waals surface area contributed by atoms with Crippen LogP contribution in [-0.2, 0) is 6.18 Å². The fourth-order valence-corrected chi connectivity index (χ4v) is 3.12. The summed E-state index contributed by atoms with van der Waals surface area (Å²) in [5, 5.41) is 0. The van der Waals surface area contributed by atoms with Gasteiger partial charge in [-0.1, -0.05) is 13.8 Å². The van der Waals surface area contributed by atoms with Crippen LogP contribution in [0.2, 0.25) is 0 Å². The van der Waals surface area contributed by atoms with E-state index < -0.39 is 11.7 Å². The van der Waals surface area contributed by atoms with Gasteiger partial charge in [-0.05, 0) is 42.2 Å². The summed E-state index contributed by atoms with van der Waals surface area (Å²) in [4.78, 5) is 18.2. The largest absolute Gasteiger partial charge is 0.439 e. The van der Waals surface area contributed by atoms with Gasteiger partial charge in [0.25, 0.3) is 5.91 Å². The smallest absolute Gasteiger partial charge is 0.417 e. The molecule has 1 amide bonds.